The lowest BCUT2D eigenvalue weighted by atomic mass is 10.3. The minimum Gasteiger partial charge on any atom is -0.394 e. The SMILES string of the molecule is CC1(C)ONCC(CO)O1. The minimum atomic E-state index is -0.619. The van der Waals surface area contributed by atoms with Gasteiger partial charge in [0.1, 0.15) is 0 Å². The maximum atomic E-state index is 8.70. The van der Waals surface area contributed by atoms with E-state index in [9.17, 15) is 0 Å². The van der Waals surface area contributed by atoms with Crippen molar-refractivity contribution in [2.75, 3.05) is 13.2 Å². The Morgan fingerprint density at radius 1 is 1.70 bits per heavy atom. The Kier molecular flexibility index (Phi) is 2.25. The zero-order valence-corrected chi connectivity index (χ0v) is 6.26. The van der Waals surface area contributed by atoms with Crippen molar-refractivity contribution in [3.63, 3.8) is 0 Å². The standard InChI is InChI=1S/C6H13NO3/c1-6(2)9-5(4-8)3-7-10-6/h5,7-8H,3-4H2,1-2H3. The molecule has 1 atom stereocenters. The van der Waals surface area contributed by atoms with Gasteiger partial charge in [-0.05, 0) is 13.8 Å². The van der Waals surface area contributed by atoms with E-state index in [1.165, 1.54) is 0 Å². The molecule has 0 saturated carbocycles. The van der Waals surface area contributed by atoms with Gasteiger partial charge in [0.2, 0.25) is 0 Å². The van der Waals surface area contributed by atoms with Gasteiger partial charge in [-0.15, -0.1) is 0 Å². The van der Waals surface area contributed by atoms with Crippen molar-refractivity contribution >= 4 is 0 Å². The van der Waals surface area contributed by atoms with Crippen LogP contribution in [0.1, 0.15) is 13.8 Å². The molecule has 1 aliphatic rings. The van der Waals surface area contributed by atoms with Crippen molar-refractivity contribution in [1.29, 1.82) is 0 Å². The Morgan fingerprint density at radius 2 is 2.40 bits per heavy atom. The summed E-state index contributed by atoms with van der Waals surface area (Å²) in [5.41, 5.74) is 2.69. The van der Waals surface area contributed by atoms with Crippen molar-refractivity contribution in [3.8, 4) is 0 Å². The number of aliphatic hydroxyl groups excluding tert-OH is 1. The fourth-order valence-corrected chi connectivity index (χ4v) is 0.877. The highest BCUT2D eigenvalue weighted by Crippen LogP contribution is 2.15. The molecular weight excluding hydrogens is 134 g/mol. The third-order valence-corrected chi connectivity index (χ3v) is 1.28. The maximum absolute atomic E-state index is 8.70. The second kappa shape index (κ2) is 2.84. The highest BCUT2D eigenvalue weighted by Gasteiger charge is 2.28. The van der Waals surface area contributed by atoms with E-state index in [0.29, 0.717) is 6.54 Å². The van der Waals surface area contributed by atoms with E-state index >= 15 is 0 Å². The van der Waals surface area contributed by atoms with Crippen LogP contribution < -0.4 is 5.48 Å². The number of nitrogens with one attached hydrogen (secondary N) is 1. The molecule has 0 bridgehead atoms. The van der Waals surface area contributed by atoms with Crippen LogP contribution in [0.15, 0.2) is 0 Å². The van der Waals surface area contributed by atoms with E-state index in [2.05, 4.69) is 5.48 Å². The van der Waals surface area contributed by atoms with E-state index in [0.717, 1.165) is 0 Å². The van der Waals surface area contributed by atoms with Crippen LogP contribution in [0.2, 0.25) is 0 Å². The van der Waals surface area contributed by atoms with Gasteiger partial charge in [-0.1, -0.05) is 0 Å². The first kappa shape index (κ1) is 7.94. The normalized spacial score (nSPS) is 32.1. The van der Waals surface area contributed by atoms with Crippen LogP contribution in [-0.2, 0) is 9.57 Å². The summed E-state index contributed by atoms with van der Waals surface area (Å²) in [6.45, 7) is 4.16. The van der Waals surface area contributed by atoms with Crippen LogP contribution in [0.4, 0.5) is 0 Å². The molecule has 1 saturated heterocycles. The van der Waals surface area contributed by atoms with Gasteiger partial charge in [0.25, 0.3) is 0 Å². The van der Waals surface area contributed by atoms with Crippen LogP contribution >= 0.6 is 0 Å². The molecule has 0 aliphatic carbocycles. The summed E-state index contributed by atoms with van der Waals surface area (Å²) in [7, 11) is 0. The second-order valence-corrected chi connectivity index (χ2v) is 2.77. The molecule has 1 aliphatic heterocycles. The largest absolute Gasteiger partial charge is 0.394 e. The molecular formula is C6H13NO3. The van der Waals surface area contributed by atoms with Crippen molar-refractivity contribution in [2.24, 2.45) is 0 Å². The molecule has 0 aromatic rings. The van der Waals surface area contributed by atoms with Gasteiger partial charge in [-0.3, -0.25) is 4.84 Å². The highest BCUT2D eigenvalue weighted by atomic mass is 16.8. The molecule has 4 heteroatoms. The fraction of sp³-hybridized carbons (Fsp3) is 1.00. The zero-order chi connectivity index (χ0) is 7.61. The first-order valence-electron chi connectivity index (χ1n) is 3.33. The number of hydrogen-bond donors (Lipinski definition) is 2. The summed E-state index contributed by atoms with van der Waals surface area (Å²) in [6, 6.07) is 0. The molecule has 1 unspecified atom stereocenters. The summed E-state index contributed by atoms with van der Waals surface area (Å²) < 4.78 is 5.29. The van der Waals surface area contributed by atoms with Crippen molar-refractivity contribution in [2.45, 2.75) is 25.7 Å². The molecule has 60 valence electrons. The van der Waals surface area contributed by atoms with Crippen LogP contribution in [0.25, 0.3) is 0 Å². The van der Waals surface area contributed by atoms with E-state index < -0.39 is 5.79 Å². The first-order valence-corrected chi connectivity index (χ1v) is 3.33. The Labute approximate surface area is 60.1 Å². The number of aliphatic hydroxyl groups is 1. The molecule has 0 aromatic heterocycles. The van der Waals surface area contributed by atoms with E-state index in [1.807, 2.05) is 0 Å². The van der Waals surface area contributed by atoms with E-state index in [1.54, 1.807) is 13.8 Å². The molecule has 0 aromatic carbocycles. The van der Waals surface area contributed by atoms with Crippen molar-refractivity contribution in [3.05, 3.63) is 0 Å². The quantitative estimate of drug-likeness (QED) is 0.531. The third kappa shape index (κ3) is 1.91. The van der Waals surface area contributed by atoms with Gasteiger partial charge in [0, 0.05) is 6.54 Å². The Morgan fingerprint density at radius 3 is 2.80 bits per heavy atom. The van der Waals surface area contributed by atoms with Gasteiger partial charge in [-0.25, -0.2) is 0 Å². The summed E-state index contributed by atoms with van der Waals surface area (Å²) in [5, 5.41) is 8.70. The highest BCUT2D eigenvalue weighted by molar-refractivity contribution is 4.66. The van der Waals surface area contributed by atoms with Crippen molar-refractivity contribution in [1.82, 2.24) is 5.48 Å². The lowest BCUT2D eigenvalue weighted by Crippen LogP contribution is -2.49. The Hall–Kier alpha value is -0.160. The predicted molar refractivity (Wildman–Crippen MR) is 35.1 cm³/mol. The topological polar surface area (TPSA) is 50.7 Å². The second-order valence-electron chi connectivity index (χ2n) is 2.77. The molecule has 0 amide bonds. The van der Waals surface area contributed by atoms with Crippen LogP contribution in [0.3, 0.4) is 0 Å². The van der Waals surface area contributed by atoms with Crippen LogP contribution in [-0.4, -0.2) is 30.1 Å². The van der Waals surface area contributed by atoms with Crippen LogP contribution in [0, 0.1) is 0 Å². The molecule has 0 spiro atoms. The molecule has 2 N–H and O–H groups in total. The molecule has 10 heavy (non-hydrogen) atoms. The summed E-state index contributed by atoms with van der Waals surface area (Å²) in [4.78, 5) is 5.01. The van der Waals surface area contributed by atoms with Gasteiger partial charge in [-0.2, -0.15) is 5.48 Å². The fourth-order valence-electron chi connectivity index (χ4n) is 0.877. The minimum absolute atomic E-state index is 0.0276. The van der Waals surface area contributed by atoms with Gasteiger partial charge < -0.3 is 9.84 Å². The molecule has 1 fully saturated rings. The van der Waals surface area contributed by atoms with E-state index in [4.69, 9.17) is 14.7 Å². The smallest absolute Gasteiger partial charge is 0.182 e. The summed E-state index contributed by atoms with van der Waals surface area (Å²) >= 11 is 0. The number of hydroxylamine groups is 1. The Balaban J connectivity index is 2.40. The number of hydrogen-bond acceptors (Lipinski definition) is 4. The number of ether oxygens (including phenoxy) is 1. The van der Waals surface area contributed by atoms with Crippen LogP contribution in [0.5, 0.6) is 0 Å². The first-order chi connectivity index (χ1) is 4.64. The Bertz CT molecular complexity index is 116. The lowest BCUT2D eigenvalue weighted by Gasteiger charge is -2.34. The monoisotopic (exact) mass is 147 g/mol. The van der Waals surface area contributed by atoms with Crippen molar-refractivity contribution < 1.29 is 14.7 Å². The van der Waals surface area contributed by atoms with E-state index in [-0.39, 0.29) is 12.7 Å². The zero-order valence-electron chi connectivity index (χ0n) is 6.26. The van der Waals surface area contributed by atoms with Gasteiger partial charge >= 0.3 is 0 Å². The molecule has 1 heterocycles. The average Bonchev–Trinajstić information content (AvgIpc) is 1.86. The average molecular weight is 147 g/mol. The van der Waals surface area contributed by atoms with Gasteiger partial charge in [0.15, 0.2) is 5.79 Å². The van der Waals surface area contributed by atoms with Gasteiger partial charge in [0.05, 0.1) is 12.7 Å². The summed E-state index contributed by atoms with van der Waals surface area (Å²) in [5.74, 6) is -0.619. The third-order valence-electron chi connectivity index (χ3n) is 1.28. The predicted octanol–water partition coefficient (Wildman–Crippen LogP) is -0.365. The molecule has 0 radical (unpaired) electrons. The molecule has 1 rings (SSSR count). The molecule has 4 nitrogen and oxygen atoms in total. The maximum Gasteiger partial charge on any atom is 0.182 e. The summed E-state index contributed by atoms with van der Waals surface area (Å²) in [6.07, 6.45) is -0.149. The number of rotatable bonds is 1. The lowest BCUT2D eigenvalue weighted by molar-refractivity contribution is -0.306.